The predicted octanol–water partition coefficient (Wildman–Crippen LogP) is 4.34. The zero-order valence-corrected chi connectivity index (χ0v) is 12.2. The van der Waals surface area contributed by atoms with Crippen molar-refractivity contribution in [2.75, 3.05) is 5.73 Å². The van der Waals surface area contributed by atoms with Crippen LogP contribution in [0.2, 0.25) is 10.0 Å². The first-order chi connectivity index (χ1) is 9.11. The first kappa shape index (κ1) is 12.8. The molecule has 100 valence electrons. The Bertz CT molecular complexity index is 630. The summed E-state index contributed by atoms with van der Waals surface area (Å²) in [5.74, 6) is 2.38. The van der Waals surface area contributed by atoms with Crippen molar-refractivity contribution in [1.29, 1.82) is 0 Å². The molecule has 1 fully saturated rings. The summed E-state index contributed by atoms with van der Waals surface area (Å²) in [6.45, 7) is 2.93. The fourth-order valence-electron chi connectivity index (χ4n) is 2.32. The van der Waals surface area contributed by atoms with E-state index in [0.29, 0.717) is 21.8 Å². The molecule has 0 atom stereocenters. The van der Waals surface area contributed by atoms with E-state index in [0.717, 1.165) is 23.6 Å². The SMILES string of the molecule is CCn1c(C2CC2)nc(-c2ccc(Cl)c(Cl)c2)c1N. The van der Waals surface area contributed by atoms with Crippen molar-refractivity contribution in [1.82, 2.24) is 9.55 Å². The zero-order valence-electron chi connectivity index (χ0n) is 10.7. The number of rotatable bonds is 3. The maximum absolute atomic E-state index is 6.22. The molecule has 2 N–H and O–H groups in total. The Morgan fingerprint density at radius 1 is 1.32 bits per heavy atom. The average Bonchev–Trinajstić information content (AvgIpc) is 3.17. The summed E-state index contributed by atoms with van der Waals surface area (Å²) < 4.78 is 2.09. The minimum absolute atomic E-state index is 0.526. The highest BCUT2D eigenvalue weighted by Gasteiger charge is 2.30. The van der Waals surface area contributed by atoms with Crippen LogP contribution in [0.25, 0.3) is 11.3 Å². The molecule has 1 aromatic heterocycles. The minimum atomic E-state index is 0.526. The van der Waals surface area contributed by atoms with Gasteiger partial charge in [0.15, 0.2) is 0 Å². The zero-order chi connectivity index (χ0) is 13.6. The second-order valence-corrected chi connectivity index (χ2v) is 5.67. The Balaban J connectivity index is 2.11. The van der Waals surface area contributed by atoms with E-state index in [1.165, 1.54) is 12.8 Å². The van der Waals surface area contributed by atoms with Crippen LogP contribution in [0.4, 0.5) is 5.82 Å². The fourth-order valence-corrected chi connectivity index (χ4v) is 2.62. The average molecular weight is 296 g/mol. The maximum atomic E-state index is 6.22. The van der Waals surface area contributed by atoms with Crippen LogP contribution < -0.4 is 5.73 Å². The number of hydrogen-bond donors (Lipinski definition) is 1. The van der Waals surface area contributed by atoms with E-state index < -0.39 is 0 Å². The number of imidazole rings is 1. The van der Waals surface area contributed by atoms with Crippen LogP contribution in [0.1, 0.15) is 31.5 Å². The van der Waals surface area contributed by atoms with E-state index >= 15 is 0 Å². The van der Waals surface area contributed by atoms with Gasteiger partial charge in [-0.1, -0.05) is 29.3 Å². The Kier molecular flexibility index (Phi) is 3.19. The standard InChI is InChI=1S/C14H15Cl2N3/c1-2-19-13(17)12(18-14(19)8-3-4-8)9-5-6-10(15)11(16)7-9/h5-8H,2-4,17H2,1H3. The topological polar surface area (TPSA) is 43.8 Å². The Morgan fingerprint density at radius 3 is 2.63 bits per heavy atom. The summed E-state index contributed by atoms with van der Waals surface area (Å²) in [5.41, 5.74) is 7.95. The van der Waals surface area contributed by atoms with Crippen LogP contribution in [0.5, 0.6) is 0 Å². The maximum Gasteiger partial charge on any atom is 0.131 e. The lowest BCUT2D eigenvalue weighted by molar-refractivity contribution is 0.708. The summed E-state index contributed by atoms with van der Waals surface area (Å²) in [5, 5.41) is 1.07. The number of nitrogen functional groups attached to an aromatic ring is 1. The number of anilines is 1. The normalized spacial score (nSPS) is 14.9. The molecule has 0 bridgehead atoms. The summed E-state index contributed by atoms with van der Waals surface area (Å²) in [4.78, 5) is 4.72. The molecule has 1 aliphatic rings. The van der Waals surface area contributed by atoms with Gasteiger partial charge < -0.3 is 10.3 Å². The highest BCUT2D eigenvalue weighted by molar-refractivity contribution is 6.42. The van der Waals surface area contributed by atoms with Gasteiger partial charge in [0.2, 0.25) is 0 Å². The van der Waals surface area contributed by atoms with Crippen LogP contribution in [0.3, 0.4) is 0 Å². The number of aromatic nitrogens is 2. The van der Waals surface area contributed by atoms with Gasteiger partial charge in [-0.05, 0) is 31.9 Å². The molecule has 1 heterocycles. The van der Waals surface area contributed by atoms with Gasteiger partial charge >= 0.3 is 0 Å². The predicted molar refractivity (Wildman–Crippen MR) is 79.7 cm³/mol. The second-order valence-electron chi connectivity index (χ2n) is 4.85. The highest BCUT2D eigenvalue weighted by Crippen LogP contribution is 2.42. The van der Waals surface area contributed by atoms with Crippen LogP contribution in [-0.4, -0.2) is 9.55 Å². The Labute approximate surface area is 122 Å². The van der Waals surface area contributed by atoms with Gasteiger partial charge in [0, 0.05) is 18.0 Å². The van der Waals surface area contributed by atoms with E-state index in [2.05, 4.69) is 11.5 Å². The summed E-state index contributed by atoms with van der Waals surface area (Å²) in [7, 11) is 0. The van der Waals surface area contributed by atoms with E-state index in [-0.39, 0.29) is 0 Å². The second kappa shape index (κ2) is 4.73. The highest BCUT2D eigenvalue weighted by atomic mass is 35.5. The minimum Gasteiger partial charge on any atom is -0.383 e. The van der Waals surface area contributed by atoms with Gasteiger partial charge in [-0.3, -0.25) is 0 Å². The molecule has 5 heteroatoms. The first-order valence-corrected chi connectivity index (χ1v) is 7.18. The lowest BCUT2D eigenvalue weighted by atomic mass is 10.1. The van der Waals surface area contributed by atoms with Crippen LogP contribution >= 0.6 is 23.2 Å². The van der Waals surface area contributed by atoms with Crippen molar-refractivity contribution in [3.05, 3.63) is 34.1 Å². The summed E-state index contributed by atoms with van der Waals surface area (Å²) in [6.07, 6.45) is 2.41. The molecule has 3 nitrogen and oxygen atoms in total. The molecule has 0 saturated heterocycles. The molecule has 0 spiro atoms. The number of nitrogens with two attached hydrogens (primary N) is 1. The van der Waals surface area contributed by atoms with Crippen molar-refractivity contribution in [3.63, 3.8) is 0 Å². The first-order valence-electron chi connectivity index (χ1n) is 6.43. The van der Waals surface area contributed by atoms with Crippen molar-refractivity contribution in [2.45, 2.75) is 32.2 Å². The van der Waals surface area contributed by atoms with E-state index in [4.69, 9.17) is 33.9 Å². The molecule has 1 saturated carbocycles. The molecule has 1 aromatic carbocycles. The molecule has 0 aliphatic heterocycles. The monoisotopic (exact) mass is 295 g/mol. The van der Waals surface area contributed by atoms with E-state index in [9.17, 15) is 0 Å². The summed E-state index contributed by atoms with van der Waals surface area (Å²) >= 11 is 12.0. The van der Waals surface area contributed by atoms with Gasteiger partial charge in [0.1, 0.15) is 17.3 Å². The van der Waals surface area contributed by atoms with Gasteiger partial charge in [-0.15, -0.1) is 0 Å². The van der Waals surface area contributed by atoms with Crippen LogP contribution in [0, 0.1) is 0 Å². The quantitative estimate of drug-likeness (QED) is 0.915. The molecule has 0 radical (unpaired) electrons. The Morgan fingerprint density at radius 2 is 2.05 bits per heavy atom. The number of hydrogen-bond acceptors (Lipinski definition) is 2. The molecule has 0 amide bonds. The van der Waals surface area contributed by atoms with Gasteiger partial charge in [0.25, 0.3) is 0 Å². The molecule has 19 heavy (non-hydrogen) atoms. The lowest BCUT2D eigenvalue weighted by Gasteiger charge is -2.05. The fraction of sp³-hybridized carbons (Fsp3) is 0.357. The molecule has 1 aliphatic carbocycles. The number of nitrogens with zero attached hydrogens (tertiary/aromatic N) is 2. The molecule has 3 rings (SSSR count). The van der Waals surface area contributed by atoms with Crippen LogP contribution in [0.15, 0.2) is 18.2 Å². The van der Waals surface area contributed by atoms with Crippen molar-refractivity contribution >= 4 is 29.0 Å². The van der Waals surface area contributed by atoms with Gasteiger partial charge in [0.05, 0.1) is 10.0 Å². The number of halogens is 2. The van der Waals surface area contributed by atoms with E-state index in [1.54, 1.807) is 6.07 Å². The van der Waals surface area contributed by atoms with E-state index in [1.807, 2.05) is 12.1 Å². The largest absolute Gasteiger partial charge is 0.383 e. The van der Waals surface area contributed by atoms with Gasteiger partial charge in [-0.2, -0.15) is 0 Å². The van der Waals surface area contributed by atoms with Gasteiger partial charge in [-0.25, -0.2) is 4.98 Å². The number of benzene rings is 1. The smallest absolute Gasteiger partial charge is 0.131 e. The van der Waals surface area contributed by atoms with Crippen molar-refractivity contribution in [3.8, 4) is 11.3 Å². The molecular formula is C14H15Cl2N3. The molecule has 0 unspecified atom stereocenters. The molecule has 2 aromatic rings. The van der Waals surface area contributed by atoms with Crippen molar-refractivity contribution in [2.24, 2.45) is 0 Å². The summed E-state index contributed by atoms with van der Waals surface area (Å²) in [6, 6.07) is 5.50. The third-order valence-corrected chi connectivity index (χ3v) is 4.23. The molecular weight excluding hydrogens is 281 g/mol. The third kappa shape index (κ3) is 2.21. The Hall–Kier alpha value is -1.19. The third-order valence-electron chi connectivity index (χ3n) is 3.49. The van der Waals surface area contributed by atoms with Crippen LogP contribution in [-0.2, 0) is 6.54 Å². The lowest BCUT2D eigenvalue weighted by Crippen LogP contribution is -2.04. The van der Waals surface area contributed by atoms with Crippen molar-refractivity contribution < 1.29 is 0 Å².